The van der Waals surface area contributed by atoms with Crippen LogP contribution in [0.5, 0.6) is 0 Å². The molecule has 1 amide bonds. The van der Waals surface area contributed by atoms with Crippen LogP contribution in [0.4, 0.5) is 0 Å². The van der Waals surface area contributed by atoms with E-state index in [0.717, 1.165) is 5.32 Å². The van der Waals surface area contributed by atoms with Crippen molar-refractivity contribution < 1.29 is 26.3 Å². The van der Waals surface area contributed by atoms with Crippen molar-refractivity contribution in [2.24, 2.45) is 0 Å². The van der Waals surface area contributed by atoms with Crippen molar-refractivity contribution in [2.45, 2.75) is 17.9 Å². The van der Waals surface area contributed by atoms with Crippen molar-refractivity contribution in [1.29, 1.82) is 0 Å². The molecule has 1 unspecified atom stereocenters. The first kappa shape index (κ1) is 13.5. The summed E-state index contributed by atoms with van der Waals surface area (Å²) in [5.41, 5.74) is 0. The molecule has 0 saturated heterocycles. The van der Waals surface area contributed by atoms with Crippen LogP contribution < -0.4 is 26.1 Å². The fourth-order valence-corrected chi connectivity index (χ4v) is 4.51. The summed E-state index contributed by atoms with van der Waals surface area (Å²) in [5, 5.41) is 1.06. The molecule has 0 fully saturated rings. The van der Waals surface area contributed by atoms with E-state index in [4.69, 9.17) is 0 Å². The van der Waals surface area contributed by atoms with Crippen LogP contribution in [0.15, 0.2) is 48.8 Å². The Morgan fingerprint density at radius 3 is 3.11 bits per heavy atom. The summed E-state index contributed by atoms with van der Waals surface area (Å²) in [7, 11) is 0. The van der Waals surface area contributed by atoms with Gasteiger partial charge in [-0.3, -0.25) is 0 Å². The molecular formula is C13H13BrN2OSe. The minimum atomic E-state index is 0. The first-order chi connectivity index (χ1) is 8.36. The normalized spacial score (nSPS) is 21.4. The predicted octanol–water partition coefficient (Wildman–Crippen LogP) is -2.46. The quantitative estimate of drug-likeness (QED) is 0.397. The van der Waals surface area contributed by atoms with Gasteiger partial charge in [0, 0.05) is 0 Å². The van der Waals surface area contributed by atoms with E-state index < -0.39 is 0 Å². The van der Waals surface area contributed by atoms with Gasteiger partial charge in [0.05, 0.1) is 0 Å². The smallest absolute Gasteiger partial charge is 1.00 e. The summed E-state index contributed by atoms with van der Waals surface area (Å²) in [4.78, 5) is 13.9. The van der Waals surface area contributed by atoms with Crippen molar-refractivity contribution in [3.8, 4) is 0 Å². The zero-order chi connectivity index (χ0) is 11.7. The molecule has 18 heavy (non-hydrogen) atoms. The molecule has 2 aliphatic heterocycles. The van der Waals surface area contributed by atoms with E-state index in [9.17, 15) is 4.79 Å². The second-order valence-corrected chi connectivity index (χ2v) is 6.20. The van der Waals surface area contributed by atoms with Crippen LogP contribution in [0.1, 0.15) is 12.6 Å². The maximum Gasteiger partial charge on any atom is -1.00 e. The number of fused-ring (bicyclic) bond motifs is 1. The van der Waals surface area contributed by atoms with Crippen LogP contribution in [0.25, 0.3) is 0 Å². The minimum absolute atomic E-state index is 0. The number of aromatic nitrogens is 1. The Kier molecular flexibility index (Phi) is 4.38. The maximum absolute atomic E-state index is 12.0. The monoisotopic (exact) mass is 372 g/mol. The summed E-state index contributed by atoms with van der Waals surface area (Å²) in [5.74, 6) is 0.181. The first-order valence-corrected chi connectivity index (χ1v) is 7.70. The zero-order valence-corrected chi connectivity index (χ0v) is 13.0. The van der Waals surface area contributed by atoms with Crippen molar-refractivity contribution in [3.05, 3.63) is 48.8 Å². The van der Waals surface area contributed by atoms with Gasteiger partial charge in [-0.1, -0.05) is 0 Å². The third-order valence-electron chi connectivity index (χ3n) is 2.95. The summed E-state index contributed by atoms with van der Waals surface area (Å²) in [6, 6.07) is 6.25. The summed E-state index contributed by atoms with van der Waals surface area (Å²) in [6.07, 6.45) is 10.5. The Hall–Kier alpha value is -0.901. The molecule has 0 spiro atoms. The molecule has 3 nitrogen and oxygen atoms in total. The molecule has 94 valence electrons. The van der Waals surface area contributed by atoms with Crippen molar-refractivity contribution in [3.63, 3.8) is 0 Å². The van der Waals surface area contributed by atoms with Crippen LogP contribution in [0, 0.1) is 0 Å². The average molecular weight is 372 g/mol. The largest absolute Gasteiger partial charge is 1.00 e. The van der Waals surface area contributed by atoms with E-state index >= 15 is 0 Å². The Bertz CT molecular complexity index is 515. The number of allylic oxidation sites excluding steroid dienone is 2. The van der Waals surface area contributed by atoms with Crippen LogP contribution in [-0.2, 0) is 4.79 Å². The van der Waals surface area contributed by atoms with Gasteiger partial charge in [0.25, 0.3) is 0 Å². The Balaban J connectivity index is 0.00000120. The third-order valence-corrected chi connectivity index (χ3v) is 5.27. The maximum atomic E-state index is 12.0. The molecule has 1 aromatic heterocycles. The van der Waals surface area contributed by atoms with E-state index in [-0.39, 0.29) is 29.1 Å². The first-order valence-electron chi connectivity index (χ1n) is 5.64. The van der Waals surface area contributed by atoms with Gasteiger partial charge in [-0.25, -0.2) is 0 Å². The van der Waals surface area contributed by atoms with Crippen molar-refractivity contribution >= 4 is 25.5 Å². The second-order valence-electron chi connectivity index (χ2n) is 4.01. The standard InChI is InChI=1S/C13H13N2OSe.BrH/c16-12-6-2-1-4-8-14(12)11-10-17-13-7-3-5-9-15(11)13;/h1-5,7-9,11H,6,10H2;1H/q+1;/p-1. The van der Waals surface area contributed by atoms with Crippen LogP contribution in [-0.4, -0.2) is 25.8 Å². The third kappa shape index (κ3) is 2.44. The number of amides is 1. The molecule has 0 saturated carbocycles. The molecule has 0 aliphatic carbocycles. The average Bonchev–Trinajstić information content (AvgIpc) is 2.66. The summed E-state index contributed by atoms with van der Waals surface area (Å²) >= 11 is 0.472. The number of carbonyl (C=O) groups excluding carboxylic acids is 1. The van der Waals surface area contributed by atoms with Crippen molar-refractivity contribution in [1.82, 2.24) is 4.90 Å². The van der Waals surface area contributed by atoms with Gasteiger partial charge in [0.1, 0.15) is 0 Å². The predicted molar refractivity (Wildman–Crippen MR) is 65.6 cm³/mol. The number of carbonyl (C=O) groups is 1. The number of hydrogen-bond donors (Lipinski definition) is 0. The zero-order valence-electron chi connectivity index (χ0n) is 9.70. The van der Waals surface area contributed by atoms with Gasteiger partial charge in [-0.05, 0) is 0 Å². The summed E-state index contributed by atoms with van der Waals surface area (Å²) < 4.78 is 3.59. The SMILES string of the molecule is O=C1CC=CC=CN1C1C[Se]c2cccc[n+]21.[Br-]. The fourth-order valence-electron chi connectivity index (χ4n) is 2.11. The molecule has 0 aromatic carbocycles. The fraction of sp³-hybridized carbons (Fsp3) is 0.231. The van der Waals surface area contributed by atoms with Gasteiger partial charge in [0.15, 0.2) is 0 Å². The molecule has 1 atom stereocenters. The molecule has 2 aliphatic rings. The van der Waals surface area contributed by atoms with E-state index in [2.05, 4.69) is 22.9 Å². The molecule has 0 bridgehead atoms. The minimum Gasteiger partial charge on any atom is -1.00 e. The Morgan fingerprint density at radius 1 is 1.33 bits per heavy atom. The van der Waals surface area contributed by atoms with E-state index in [1.807, 2.05) is 35.4 Å². The molecule has 0 N–H and O–H groups in total. The molecule has 3 heterocycles. The number of pyridine rings is 1. The molecule has 1 aromatic rings. The van der Waals surface area contributed by atoms with Gasteiger partial charge in [-0.15, -0.1) is 0 Å². The van der Waals surface area contributed by atoms with Crippen LogP contribution >= 0.6 is 0 Å². The second kappa shape index (κ2) is 5.83. The number of rotatable bonds is 1. The van der Waals surface area contributed by atoms with Crippen LogP contribution in [0.3, 0.4) is 0 Å². The topological polar surface area (TPSA) is 24.2 Å². The van der Waals surface area contributed by atoms with E-state index in [1.54, 1.807) is 0 Å². The Morgan fingerprint density at radius 2 is 2.22 bits per heavy atom. The van der Waals surface area contributed by atoms with Crippen molar-refractivity contribution in [2.75, 3.05) is 0 Å². The van der Waals surface area contributed by atoms with Crippen LogP contribution in [0.2, 0.25) is 5.32 Å². The van der Waals surface area contributed by atoms with Gasteiger partial charge < -0.3 is 17.0 Å². The molecule has 5 heteroatoms. The van der Waals surface area contributed by atoms with E-state index in [1.165, 1.54) is 4.59 Å². The van der Waals surface area contributed by atoms with Gasteiger partial charge >= 0.3 is 106 Å². The molecule has 3 rings (SSSR count). The number of nitrogens with zero attached hydrogens (tertiary/aromatic N) is 2. The Labute approximate surface area is 123 Å². The summed E-state index contributed by atoms with van der Waals surface area (Å²) in [6.45, 7) is 0. The van der Waals surface area contributed by atoms with Gasteiger partial charge in [0.2, 0.25) is 0 Å². The number of hydrogen-bond acceptors (Lipinski definition) is 1. The molecular weight excluding hydrogens is 359 g/mol. The molecule has 0 radical (unpaired) electrons. The van der Waals surface area contributed by atoms with Gasteiger partial charge in [-0.2, -0.15) is 0 Å². The van der Waals surface area contributed by atoms with E-state index in [0.29, 0.717) is 21.4 Å². The number of halogens is 1.